The molecule has 0 saturated heterocycles. The van der Waals surface area contributed by atoms with E-state index in [1.54, 1.807) is 5.57 Å². The van der Waals surface area contributed by atoms with Gasteiger partial charge in [0.2, 0.25) is 0 Å². The molecule has 3 heteroatoms. The van der Waals surface area contributed by atoms with E-state index in [4.69, 9.17) is 9.97 Å². The van der Waals surface area contributed by atoms with Crippen LogP contribution < -0.4 is 5.32 Å². The molecule has 10 rings (SSSR count). The van der Waals surface area contributed by atoms with Crippen molar-refractivity contribution in [1.29, 1.82) is 0 Å². The zero-order chi connectivity index (χ0) is 45.7. The number of nitrogens with zero attached hydrogens (tertiary/aromatic N) is 2. The highest BCUT2D eigenvalue weighted by molar-refractivity contribution is 6.04. The molecule has 0 spiro atoms. The fourth-order valence-corrected chi connectivity index (χ4v) is 10.2. The van der Waals surface area contributed by atoms with Crippen molar-refractivity contribution >= 4 is 44.2 Å². The Morgan fingerprint density at radius 1 is 0.701 bits per heavy atom. The quantitative estimate of drug-likeness (QED) is 0.110. The van der Waals surface area contributed by atoms with Gasteiger partial charge in [0.1, 0.15) is 0 Å². The summed E-state index contributed by atoms with van der Waals surface area (Å²) in [5.41, 5.74) is 22.0. The minimum Gasteiger partial charge on any atom is -0.374 e. The Balaban J connectivity index is 0.985. The molecule has 0 fully saturated rings. The van der Waals surface area contributed by atoms with Gasteiger partial charge in [0, 0.05) is 39.3 Å². The third-order valence-corrected chi connectivity index (χ3v) is 13.8. The van der Waals surface area contributed by atoms with Gasteiger partial charge >= 0.3 is 0 Å². The predicted molar refractivity (Wildman–Crippen MR) is 286 cm³/mol. The van der Waals surface area contributed by atoms with Crippen molar-refractivity contribution in [3.63, 3.8) is 0 Å². The number of hydrogen-bond donors (Lipinski definition) is 1. The summed E-state index contributed by atoms with van der Waals surface area (Å²) < 4.78 is 0. The molecule has 4 aromatic carbocycles. The Bertz CT molecular complexity index is 3230. The van der Waals surface area contributed by atoms with Crippen LogP contribution in [0.3, 0.4) is 0 Å². The van der Waals surface area contributed by atoms with Gasteiger partial charge in [-0.25, -0.2) is 4.98 Å². The van der Waals surface area contributed by atoms with E-state index in [0.717, 1.165) is 82.7 Å². The van der Waals surface area contributed by atoms with Crippen LogP contribution in [0.25, 0.3) is 49.8 Å². The van der Waals surface area contributed by atoms with Gasteiger partial charge in [0.05, 0.1) is 22.8 Å². The number of anilines is 1. The lowest BCUT2D eigenvalue weighted by Gasteiger charge is -2.36. The van der Waals surface area contributed by atoms with Crippen molar-refractivity contribution in [2.24, 2.45) is 5.92 Å². The second-order valence-electron chi connectivity index (χ2n) is 18.2. The molecule has 3 nitrogen and oxygen atoms in total. The van der Waals surface area contributed by atoms with Crippen LogP contribution in [-0.2, 0) is 0 Å². The average molecular weight is 870 g/mol. The minimum absolute atomic E-state index is 0.0414. The molecule has 0 saturated carbocycles. The molecule has 2 unspecified atom stereocenters. The Morgan fingerprint density at radius 2 is 1.52 bits per heavy atom. The van der Waals surface area contributed by atoms with E-state index in [-0.39, 0.29) is 12.0 Å². The Hall–Kier alpha value is -7.36. The molecule has 1 aliphatic heterocycles. The second kappa shape index (κ2) is 19.6. The number of benzene rings is 4. The second-order valence-corrected chi connectivity index (χ2v) is 18.2. The molecule has 67 heavy (non-hydrogen) atoms. The van der Waals surface area contributed by atoms with Gasteiger partial charge in [-0.2, -0.15) is 0 Å². The largest absolute Gasteiger partial charge is 0.374 e. The minimum atomic E-state index is 0.0414. The summed E-state index contributed by atoms with van der Waals surface area (Å²) in [5, 5.41) is 6.20. The maximum absolute atomic E-state index is 5.10. The van der Waals surface area contributed by atoms with Crippen LogP contribution in [0, 0.1) is 5.92 Å². The molecule has 330 valence electrons. The number of allylic oxidation sites excluding steroid dienone is 21. The maximum Gasteiger partial charge on any atom is 0.0972 e. The lowest BCUT2D eigenvalue weighted by molar-refractivity contribution is 0.740. The van der Waals surface area contributed by atoms with Crippen LogP contribution in [0.5, 0.6) is 0 Å². The Morgan fingerprint density at radius 3 is 2.36 bits per heavy atom. The summed E-state index contributed by atoms with van der Waals surface area (Å²) in [7, 11) is 0. The van der Waals surface area contributed by atoms with Crippen molar-refractivity contribution in [1.82, 2.24) is 9.97 Å². The van der Waals surface area contributed by atoms with E-state index in [1.807, 2.05) is 12.3 Å². The molecule has 4 aliphatic rings. The standard InChI is InChI=1S/C64H59N3/c1-5-8-17-43(4)60-61(56-23-13-12-19-47(56)7-3)57-24-14-15-25-59(57)67-62(60)51-32-30-49(31-33-51)54-39-45-18-16-22-48(29-28-44(6-2)26-27-46(38-45)40-54)55-41-53-35-34-52-36-37-58(50-20-10-9-11-21-50)66-64(52)63(53)65-42-55/h8-11,13-18,20-37,39-43,62,67H,5-7,12,19,38H2,1-4H3/b17-8-,18-16?,22-16?,27-26?,29-28?,44-26?,44-28?,45-18?,46-27?,48-22?,48-29?. The van der Waals surface area contributed by atoms with E-state index in [0.29, 0.717) is 0 Å². The number of fused-ring (bicyclic) bond motifs is 6. The summed E-state index contributed by atoms with van der Waals surface area (Å²) in [4.78, 5) is 10.2. The highest BCUT2D eigenvalue weighted by atomic mass is 14.9. The zero-order valence-corrected chi connectivity index (χ0v) is 39.3. The van der Waals surface area contributed by atoms with Crippen molar-refractivity contribution in [2.45, 2.75) is 72.3 Å². The van der Waals surface area contributed by atoms with Crippen LogP contribution in [0.4, 0.5) is 5.69 Å². The van der Waals surface area contributed by atoms with E-state index >= 15 is 0 Å². The van der Waals surface area contributed by atoms with Crippen LogP contribution in [0.1, 0.15) is 94.5 Å². The van der Waals surface area contributed by atoms with E-state index in [9.17, 15) is 0 Å². The summed E-state index contributed by atoms with van der Waals surface area (Å²) in [6.07, 6.45) is 38.2. The molecule has 2 bridgehead atoms. The highest BCUT2D eigenvalue weighted by Crippen LogP contribution is 2.49. The first-order valence-electron chi connectivity index (χ1n) is 24.4. The van der Waals surface area contributed by atoms with Gasteiger partial charge < -0.3 is 5.32 Å². The van der Waals surface area contributed by atoms with E-state index < -0.39 is 0 Å². The fraction of sp³-hybridized carbons (Fsp3) is 0.188. The number of aromatic nitrogens is 2. The van der Waals surface area contributed by atoms with Gasteiger partial charge in [-0.1, -0.05) is 203 Å². The monoisotopic (exact) mass is 869 g/mol. The topological polar surface area (TPSA) is 37.8 Å². The number of nitrogens with one attached hydrogen (secondary N) is 1. The van der Waals surface area contributed by atoms with Crippen LogP contribution in [0.15, 0.2) is 228 Å². The van der Waals surface area contributed by atoms with Gasteiger partial charge in [-0.05, 0) is 118 Å². The molecule has 0 amide bonds. The first kappa shape index (κ1) is 43.5. The molecular weight excluding hydrogens is 811 g/mol. The zero-order valence-electron chi connectivity index (χ0n) is 39.3. The van der Waals surface area contributed by atoms with Gasteiger partial charge in [0.25, 0.3) is 0 Å². The van der Waals surface area contributed by atoms with Crippen molar-refractivity contribution in [2.75, 3.05) is 5.32 Å². The SMILES string of the molecule is CC/C=C\C(C)C1=C(C2=C(CC)CCC=C2)c2ccccc2NC1c1ccc(C2=CC3=CC=CC(c4cnc5c(ccc6ccc(-c7ccccc7)nc65)c4)=CC=C(CC)C=CC(=C2)C3)cc1. The van der Waals surface area contributed by atoms with Crippen molar-refractivity contribution in [3.05, 3.63) is 250 Å². The average Bonchev–Trinajstić information content (AvgIpc) is 3.38. The maximum atomic E-state index is 5.10. The van der Waals surface area contributed by atoms with Gasteiger partial charge in [-0.15, -0.1) is 0 Å². The fourth-order valence-electron chi connectivity index (χ4n) is 10.2. The number of rotatable bonds is 10. The summed E-state index contributed by atoms with van der Waals surface area (Å²) in [6, 6.07) is 39.5. The van der Waals surface area contributed by atoms with Crippen LogP contribution in [0.2, 0.25) is 0 Å². The molecular formula is C64H59N3. The predicted octanol–water partition coefficient (Wildman–Crippen LogP) is 17.2. The smallest absolute Gasteiger partial charge is 0.0972 e. The van der Waals surface area contributed by atoms with E-state index in [2.05, 4.69) is 215 Å². The molecule has 6 aromatic rings. The molecule has 3 aliphatic carbocycles. The Labute approximate surface area is 397 Å². The van der Waals surface area contributed by atoms with Crippen molar-refractivity contribution < 1.29 is 0 Å². The lowest BCUT2D eigenvalue weighted by atomic mass is 9.75. The first-order valence-corrected chi connectivity index (χ1v) is 24.4. The normalized spacial score (nSPS) is 17.9. The lowest BCUT2D eigenvalue weighted by Crippen LogP contribution is -2.24. The van der Waals surface area contributed by atoms with Gasteiger partial charge in [-0.3, -0.25) is 4.98 Å². The van der Waals surface area contributed by atoms with Crippen LogP contribution in [-0.4, -0.2) is 9.97 Å². The van der Waals surface area contributed by atoms with Crippen LogP contribution >= 0.6 is 0 Å². The third-order valence-electron chi connectivity index (χ3n) is 13.8. The Kier molecular flexibility index (Phi) is 12.7. The molecule has 3 heterocycles. The first-order chi connectivity index (χ1) is 33.0. The number of para-hydroxylation sites is 1. The van der Waals surface area contributed by atoms with Gasteiger partial charge in [0.15, 0.2) is 0 Å². The molecule has 2 aromatic heterocycles. The third kappa shape index (κ3) is 9.12. The molecule has 2 atom stereocenters. The summed E-state index contributed by atoms with van der Waals surface area (Å²) >= 11 is 0. The summed E-state index contributed by atoms with van der Waals surface area (Å²) in [5.74, 6) is 0.258. The molecule has 1 N–H and O–H groups in total. The number of hydrogen-bond acceptors (Lipinski definition) is 3. The summed E-state index contributed by atoms with van der Waals surface area (Å²) in [6.45, 7) is 9.15. The van der Waals surface area contributed by atoms with E-state index in [1.165, 1.54) is 61.4 Å². The highest BCUT2D eigenvalue weighted by Gasteiger charge is 2.32. The van der Waals surface area contributed by atoms with Crippen molar-refractivity contribution in [3.8, 4) is 11.3 Å². The number of pyridine rings is 2. The molecule has 0 radical (unpaired) electrons.